The Hall–Kier alpha value is 0.470. The molecule has 13 heavy (non-hydrogen) atoms. The third-order valence-corrected chi connectivity index (χ3v) is 3.14. The van der Waals surface area contributed by atoms with Gasteiger partial charge in [-0.05, 0) is 36.1 Å². The second-order valence-electron chi connectivity index (χ2n) is 2.89. The van der Waals surface area contributed by atoms with E-state index in [1.54, 1.807) is 0 Å². The van der Waals surface area contributed by atoms with Crippen molar-refractivity contribution in [3.63, 3.8) is 0 Å². The van der Waals surface area contributed by atoms with Gasteiger partial charge in [0.15, 0.2) is 0 Å². The van der Waals surface area contributed by atoms with Gasteiger partial charge in [0.2, 0.25) is 0 Å². The Labute approximate surface area is 101 Å². The lowest BCUT2D eigenvalue weighted by atomic mass is 10.1. The molecule has 3 heteroatoms. The van der Waals surface area contributed by atoms with E-state index in [4.69, 9.17) is 11.6 Å². The number of hydrogen-bond acceptors (Lipinski definition) is 0. The Morgan fingerprint density at radius 1 is 1.15 bits per heavy atom. The fraction of sp³-hybridized carbons (Fsp3) is 0.400. The molecule has 0 bridgehead atoms. The normalized spacial score (nSPS) is 10.4. The largest absolute Gasteiger partial charge is 0.127 e. The topological polar surface area (TPSA) is 0 Å². The van der Waals surface area contributed by atoms with Crippen molar-refractivity contribution in [1.29, 1.82) is 0 Å². The minimum atomic E-state index is 0.732. The van der Waals surface area contributed by atoms with Gasteiger partial charge in [-0.2, -0.15) is 0 Å². The zero-order valence-corrected chi connectivity index (χ0v) is 11.1. The van der Waals surface area contributed by atoms with Gasteiger partial charge in [0, 0.05) is 15.7 Å². The van der Waals surface area contributed by atoms with Crippen LogP contribution >= 0.6 is 43.5 Å². The van der Waals surface area contributed by atoms with Crippen molar-refractivity contribution in [3.05, 3.63) is 33.8 Å². The van der Waals surface area contributed by atoms with Crippen LogP contribution in [0, 0.1) is 0 Å². The Balaban J connectivity index is 2.76. The molecule has 0 aromatic heterocycles. The maximum atomic E-state index is 5.64. The summed E-state index contributed by atoms with van der Waals surface area (Å²) in [6.07, 6.45) is 2.10. The Morgan fingerprint density at radius 2 is 1.85 bits per heavy atom. The SMILES string of the molecule is ClCCCc1cc(Br)cc(CBr)c1. The number of alkyl halides is 2. The lowest BCUT2D eigenvalue weighted by Gasteiger charge is -2.03. The second kappa shape index (κ2) is 6.05. The fourth-order valence-corrected chi connectivity index (χ4v) is 2.26. The summed E-state index contributed by atoms with van der Waals surface area (Å²) in [5.41, 5.74) is 2.66. The summed E-state index contributed by atoms with van der Waals surface area (Å²) in [5, 5.41) is 0.903. The molecule has 0 fully saturated rings. The van der Waals surface area contributed by atoms with Crippen molar-refractivity contribution in [3.8, 4) is 0 Å². The predicted molar refractivity (Wildman–Crippen MR) is 65.8 cm³/mol. The van der Waals surface area contributed by atoms with Gasteiger partial charge in [-0.25, -0.2) is 0 Å². The predicted octanol–water partition coefficient (Wildman–Crippen LogP) is 4.52. The summed E-state index contributed by atoms with van der Waals surface area (Å²) in [6, 6.07) is 6.49. The molecule has 0 nitrogen and oxygen atoms in total. The third kappa shape index (κ3) is 4.01. The summed E-state index contributed by atoms with van der Waals surface area (Å²) >= 11 is 12.6. The average Bonchev–Trinajstić information content (AvgIpc) is 2.14. The first-order valence-corrected chi connectivity index (χ1v) is 6.61. The van der Waals surface area contributed by atoms with Crippen molar-refractivity contribution in [1.82, 2.24) is 0 Å². The van der Waals surface area contributed by atoms with Crippen LogP contribution < -0.4 is 0 Å². The van der Waals surface area contributed by atoms with Crippen molar-refractivity contribution < 1.29 is 0 Å². The van der Waals surface area contributed by atoms with Gasteiger partial charge in [0.1, 0.15) is 0 Å². The molecule has 0 radical (unpaired) electrons. The molecule has 0 amide bonds. The minimum Gasteiger partial charge on any atom is -0.127 e. The number of hydrogen-bond donors (Lipinski definition) is 0. The summed E-state index contributed by atoms with van der Waals surface area (Å²) in [7, 11) is 0. The Bertz CT molecular complexity index is 274. The van der Waals surface area contributed by atoms with Gasteiger partial charge in [0.25, 0.3) is 0 Å². The molecule has 1 rings (SSSR count). The molecular weight excluding hydrogens is 315 g/mol. The lowest BCUT2D eigenvalue weighted by molar-refractivity contribution is 0.926. The first-order valence-electron chi connectivity index (χ1n) is 4.16. The van der Waals surface area contributed by atoms with E-state index in [2.05, 4.69) is 50.1 Å². The highest BCUT2D eigenvalue weighted by Gasteiger charge is 1.98. The van der Waals surface area contributed by atoms with Crippen LogP contribution in [0.5, 0.6) is 0 Å². The average molecular weight is 326 g/mol. The van der Waals surface area contributed by atoms with Crippen molar-refractivity contribution >= 4 is 43.5 Å². The molecule has 0 atom stereocenters. The monoisotopic (exact) mass is 324 g/mol. The highest BCUT2D eigenvalue weighted by Crippen LogP contribution is 2.18. The van der Waals surface area contributed by atoms with Crippen LogP contribution in [-0.2, 0) is 11.8 Å². The van der Waals surface area contributed by atoms with E-state index in [1.165, 1.54) is 11.1 Å². The molecule has 0 saturated heterocycles. The van der Waals surface area contributed by atoms with Gasteiger partial charge in [0.05, 0.1) is 0 Å². The number of benzene rings is 1. The van der Waals surface area contributed by atoms with Crippen molar-refractivity contribution in [2.45, 2.75) is 18.2 Å². The Morgan fingerprint density at radius 3 is 2.46 bits per heavy atom. The number of aryl methyl sites for hydroxylation is 1. The first kappa shape index (κ1) is 11.5. The van der Waals surface area contributed by atoms with Gasteiger partial charge < -0.3 is 0 Å². The van der Waals surface area contributed by atoms with Crippen LogP contribution in [0.15, 0.2) is 22.7 Å². The molecule has 0 heterocycles. The maximum absolute atomic E-state index is 5.64. The molecule has 0 N–H and O–H groups in total. The molecule has 1 aromatic carbocycles. The fourth-order valence-electron chi connectivity index (χ4n) is 1.21. The zero-order chi connectivity index (χ0) is 9.68. The lowest BCUT2D eigenvalue weighted by Crippen LogP contribution is -1.88. The first-order chi connectivity index (χ1) is 6.26. The van der Waals surface area contributed by atoms with Crippen molar-refractivity contribution in [2.24, 2.45) is 0 Å². The van der Waals surface area contributed by atoms with Crippen LogP contribution in [0.2, 0.25) is 0 Å². The van der Waals surface area contributed by atoms with E-state index in [0.29, 0.717) is 0 Å². The molecule has 1 aromatic rings. The van der Waals surface area contributed by atoms with E-state index in [1.807, 2.05) is 0 Å². The quantitative estimate of drug-likeness (QED) is 0.714. The molecule has 72 valence electrons. The number of rotatable bonds is 4. The van der Waals surface area contributed by atoms with Gasteiger partial charge in [-0.1, -0.05) is 37.9 Å². The summed E-state index contributed by atoms with van der Waals surface area (Å²) < 4.78 is 1.15. The third-order valence-electron chi connectivity index (χ3n) is 1.77. The van der Waals surface area contributed by atoms with E-state index in [9.17, 15) is 0 Å². The van der Waals surface area contributed by atoms with Crippen molar-refractivity contribution in [2.75, 3.05) is 5.88 Å². The van der Waals surface area contributed by atoms with Crippen LogP contribution in [0.3, 0.4) is 0 Å². The highest BCUT2D eigenvalue weighted by molar-refractivity contribution is 9.10. The molecule has 0 aliphatic rings. The van der Waals surface area contributed by atoms with Crippen LogP contribution in [0.25, 0.3) is 0 Å². The van der Waals surface area contributed by atoms with Crippen LogP contribution in [0.4, 0.5) is 0 Å². The van der Waals surface area contributed by atoms with Gasteiger partial charge in [-0.15, -0.1) is 11.6 Å². The van der Waals surface area contributed by atoms with E-state index in [0.717, 1.165) is 28.5 Å². The standard InChI is InChI=1S/C10H11Br2Cl/c11-7-9-4-8(2-1-3-13)5-10(12)6-9/h4-6H,1-3,7H2. The molecule has 0 unspecified atom stereocenters. The second-order valence-corrected chi connectivity index (χ2v) is 4.75. The highest BCUT2D eigenvalue weighted by atomic mass is 79.9. The summed E-state index contributed by atoms with van der Waals surface area (Å²) in [6.45, 7) is 0. The van der Waals surface area contributed by atoms with Gasteiger partial charge >= 0.3 is 0 Å². The maximum Gasteiger partial charge on any atom is 0.0283 e. The van der Waals surface area contributed by atoms with E-state index >= 15 is 0 Å². The Kier molecular flexibility index (Phi) is 5.37. The minimum absolute atomic E-state index is 0.732. The molecule has 0 saturated carbocycles. The smallest absolute Gasteiger partial charge is 0.0283 e. The summed E-state index contributed by atoms with van der Waals surface area (Å²) in [5.74, 6) is 0.732. The van der Waals surface area contributed by atoms with Crippen LogP contribution in [-0.4, -0.2) is 5.88 Å². The van der Waals surface area contributed by atoms with Gasteiger partial charge in [-0.3, -0.25) is 0 Å². The van der Waals surface area contributed by atoms with Crippen LogP contribution in [0.1, 0.15) is 17.5 Å². The van der Waals surface area contributed by atoms with E-state index in [-0.39, 0.29) is 0 Å². The molecule has 0 aliphatic heterocycles. The van der Waals surface area contributed by atoms with E-state index < -0.39 is 0 Å². The molecular formula is C10H11Br2Cl. The molecule has 0 spiro atoms. The zero-order valence-electron chi connectivity index (χ0n) is 7.19. The summed E-state index contributed by atoms with van der Waals surface area (Å²) in [4.78, 5) is 0. The number of halogens is 3. The molecule has 0 aliphatic carbocycles.